The Kier molecular flexibility index (Phi) is 5.59. The molecule has 4 rings (SSSR count). The van der Waals surface area contributed by atoms with Crippen LogP contribution in [0.25, 0.3) is 15.9 Å². The maximum Gasteiger partial charge on any atom is 0.265 e. The van der Waals surface area contributed by atoms with Crippen molar-refractivity contribution < 1.29 is 4.79 Å². The molecule has 1 amide bonds. The molecule has 0 aliphatic rings. The molecule has 6 heteroatoms. The number of para-hydroxylation sites is 1. The quantitative estimate of drug-likeness (QED) is 0.430. The third kappa shape index (κ3) is 3.71. The van der Waals surface area contributed by atoms with E-state index in [1.807, 2.05) is 54.1 Å². The lowest BCUT2D eigenvalue weighted by atomic mass is 10.2. The summed E-state index contributed by atoms with van der Waals surface area (Å²) in [5.41, 5.74) is 5.07. The molecule has 0 bridgehead atoms. The molecule has 0 unspecified atom stereocenters. The number of nitrogens with zero attached hydrogens (tertiary/aromatic N) is 3. The molecule has 4 aromatic rings. The first-order valence-corrected chi connectivity index (χ1v) is 11.0. The van der Waals surface area contributed by atoms with Crippen LogP contribution in [0.5, 0.6) is 0 Å². The average Bonchev–Trinajstić information content (AvgIpc) is 3.31. The smallest absolute Gasteiger partial charge is 0.265 e. The number of carbonyl (C=O) groups excluding carboxylic acids is 1. The van der Waals surface area contributed by atoms with E-state index in [9.17, 15) is 4.79 Å². The predicted octanol–water partition coefficient (Wildman–Crippen LogP) is 5.80. The number of anilines is 2. The lowest BCUT2D eigenvalue weighted by Crippen LogP contribution is -2.21. The van der Waals surface area contributed by atoms with Crippen LogP contribution < -0.4 is 10.2 Å². The number of aryl methyl sites for hydroxylation is 2. The van der Waals surface area contributed by atoms with Gasteiger partial charge in [-0.25, -0.2) is 4.68 Å². The molecule has 30 heavy (non-hydrogen) atoms. The molecule has 0 radical (unpaired) electrons. The first-order valence-electron chi connectivity index (χ1n) is 10.2. The number of hydrogen-bond acceptors (Lipinski definition) is 4. The number of nitrogens with one attached hydrogen (secondary N) is 1. The highest BCUT2D eigenvalue weighted by molar-refractivity contribution is 7.20. The number of carbonyl (C=O) groups is 1. The highest BCUT2D eigenvalue weighted by Crippen LogP contribution is 2.31. The van der Waals surface area contributed by atoms with Crippen molar-refractivity contribution in [3.8, 4) is 5.69 Å². The number of thiophene rings is 1. The Morgan fingerprint density at radius 1 is 1.07 bits per heavy atom. The van der Waals surface area contributed by atoms with Gasteiger partial charge in [0.25, 0.3) is 5.91 Å². The van der Waals surface area contributed by atoms with Gasteiger partial charge in [0, 0.05) is 29.9 Å². The Morgan fingerprint density at radius 3 is 2.43 bits per heavy atom. The van der Waals surface area contributed by atoms with Crippen LogP contribution in [-0.4, -0.2) is 28.8 Å². The molecule has 2 aromatic heterocycles. The van der Waals surface area contributed by atoms with E-state index in [0.29, 0.717) is 4.88 Å². The zero-order valence-electron chi connectivity index (χ0n) is 17.8. The zero-order valence-corrected chi connectivity index (χ0v) is 18.6. The lowest BCUT2D eigenvalue weighted by molar-refractivity contribution is 0.103. The molecular weight excluding hydrogens is 392 g/mol. The second kappa shape index (κ2) is 8.32. The molecule has 0 aliphatic heterocycles. The Labute approximate surface area is 181 Å². The first-order chi connectivity index (χ1) is 14.5. The van der Waals surface area contributed by atoms with Gasteiger partial charge in [-0.05, 0) is 69.7 Å². The Bertz CT molecular complexity index is 1190. The van der Waals surface area contributed by atoms with Gasteiger partial charge in [0.2, 0.25) is 0 Å². The third-order valence-electron chi connectivity index (χ3n) is 5.37. The van der Waals surface area contributed by atoms with Crippen LogP contribution in [0.3, 0.4) is 0 Å². The van der Waals surface area contributed by atoms with Crippen LogP contribution in [-0.2, 0) is 0 Å². The predicted molar refractivity (Wildman–Crippen MR) is 126 cm³/mol. The van der Waals surface area contributed by atoms with Crippen molar-refractivity contribution in [2.24, 2.45) is 0 Å². The Hall–Kier alpha value is -3.12. The number of amides is 1. The van der Waals surface area contributed by atoms with E-state index < -0.39 is 0 Å². The van der Waals surface area contributed by atoms with Crippen molar-refractivity contribution in [3.05, 3.63) is 70.7 Å². The molecule has 154 valence electrons. The molecule has 0 saturated carbocycles. The van der Waals surface area contributed by atoms with Gasteiger partial charge < -0.3 is 10.2 Å². The van der Waals surface area contributed by atoms with Crippen molar-refractivity contribution in [1.29, 1.82) is 0 Å². The summed E-state index contributed by atoms with van der Waals surface area (Å²) in [6.45, 7) is 10.3. The van der Waals surface area contributed by atoms with E-state index in [1.165, 1.54) is 11.3 Å². The van der Waals surface area contributed by atoms with E-state index >= 15 is 0 Å². The normalized spacial score (nSPS) is 11.1. The topological polar surface area (TPSA) is 50.2 Å². The van der Waals surface area contributed by atoms with Gasteiger partial charge in [-0.3, -0.25) is 4.79 Å². The van der Waals surface area contributed by atoms with Gasteiger partial charge in [0.05, 0.1) is 16.3 Å². The summed E-state index contributed by atoms with van der Waals surface area (Å²) in [6.07, 6.45) is 0. The summed E-state index contributed by atoms with van der Waals surface area (Å²) in [6, 6.07) is 18.1. The van der Waals surface area contributed by atoms with Crippen LogP contribution in [0.2, 0.25) is 0 Å². The number of fused-ring (bicyclic) bond motifs is 1. The SMILES string of the molecule is CCN(CC)c1ccc(NC(=O)c2cc3c(C)nn(-c4ccccc4C)c3s2)cc1. The van der Waals surface area contributed by atoms with Gasteiger partial charge in [0.1, 0.15) is 4.83 Å². The van der Waals surface area contributed by atoms with Crippen molar-refractivity contribution in [2.75, 3.05) is 23.3 Å². The van der Waals surface area contributed by atoms with E-state index in [2.05, 4.69) is 43.1 Å². The summed E-state index contributed by atoms with van der Waals surface area (Å²) in [5.74, 6) is -0.0949. The van der Waals surface area contributed by atoms with Crippen molar-refractivity contribution in [2.45, 2.75) is 27.7 Å². The van der Waals surface area contributed by atoms with Crippen molar-refractivity contribution >= 4 is 38.8 Å². The number of aromatic nitrogens is 2. The Morgan fingerprint density at radius 2 is 1.77 bits per heavy atom. The van der Waals surface area contributed by atoms with Gasteiger partial charge in [-0.15, -0.1) is 11.3 Å². The summed E-state index contributed by atoms with van der Waals surface area (Å²) in [7, 11) is 0. The number of hydrogen-bond donors (Lipinski definition) is 1. The van der Waals surface area contributed by atoms with E-state index in [-0.39, 0.29) is 5.91 Å². The largest absolute Gasteiger partial charge is 0.372 e. The molecule has 0 saturated heterocycles. The molecule has 5 nitrogen and oxygen atoms in total. The minimum absolute atomic E-state index is 0.0949. The zero-order chi connectivity index (χ0) is 21.3. The van der Waals surface area contributed by atoms with Gasteiger partial charge in [0.15, 0.2) is 0 Å². The highest BCUT2D eigenvalue weighted by Gasteiger charge is 2.18. The maximum absolute atomic E-state index is 12.9. The molecule has 0 aliphatic carbocycles. The fraction of sp³-hybridized carbons (Fsp3) is 0.250. The summed E-state index contributed by atoms with van der Waals surface area (Å²) >= 11 is 1.47. The molecule has 0 fully saturated rings. The van der Waals surface area contributed by atoms with Crippen LogP contribution in [0.15, 0.2) is 54.6 Å². The molecular formula is C24H26N4OS. The van der Waals surface area contributed by atoms with Crippen LogP contribution >= 0.6 is 11.3 Å². The van der Waals surface area contributed by atoms with E-state index in [4.69, 9.17) is 5.10 Å². The minimum Gasteiger partial charge on any atom is -0.372 e. The third-order valence-corrected chi connectivity index (χ3v) is 6.48. The van der Waals surface area contributed by atoms with E-state index in [0.717, 1.165) is 51.6 Å². The molecule has 2 heterocycles. The second-order valence-electron chi connectivity index (χ2n) is 7.29. The summed E-state index contributed by atoms with van der Waals surface area (Å²) < 4.78 is 1.94. The number of rotatable bonds is 6. The van der Waals surface area contributed by atoms with Crippen molar-refractivity contribution in [3.63, 3.8) is 0 Å². The summed E-state index contributed by atoms with van der Waals surface area (Å²) in [4.78, 5) is 16.8. The van der Waals surface area contributed by atoms with Gasteiger partial charge in [-0.1, -0.05) is 18.2 Å². The Balaban J connectivity index is 1.60. The average molecular weight is 419 g/mol. The molecule has 0 atom stereocenters. The van der Waals surface area contributed by atoms with Crippen molar-refractivity contribution in [1.82, 2.24) is 9.78 Å². The fourth-order valence-corrected chi connectivity index (χ4v) is 4.73. The van der Waals surface area contributed by atoms with Crippen LogP contribution in [0.1, 0.15) is 34.8 Å². The lowest BCUT2D eigenvalue weighted by Gasteiger charge is -2.21. The standard InChI is InChI=1S/C24H26N4OS/c1-5-27(6-2)19-13-11-18(12-14-19)25-23(29)22-15-20-17(4)26-28(24(20)30-22)21-10-8-7-9-16(21)3/h7-15H,5-6H2,1-4H3,(H,25,29). The minimum atomic E-state index is -0.0949. The molecule has 1 N–H and O–H groups in total. The highest BCUT2D eigenvalue weighted by atomic mass is 32.1. The molecule has 2 aromatic carbocycles. The fourth-order valence-electron chi connectivity index (χ4n) is 3.66. The number of benzene rings is 2. The van der Waals surface area contributed by atoms with Crippen LogP contribution in [0.4, 0.5) is 11.4 Å². The monoisotopic (exact) mass is 418 g/mol. The van der Waals surface area contributed by atoms with Gasteiger partial charge in [-0.2, -0.15) is 5.10 Å². The maximum atomic E-state index is 12.9. The van der Waals surface area contributed by atoms with E-state index in [1.54, 1.807) is 0 Å². The summed E-state index contributed by atoms with van der Waals surface area (Å²) in [5, 5.41) is 8.74. The van der Waals surface area contributed by atoms with Gasteiger partial charge >= 0.3 is 0 Å². The first kappa shape index (κ1) is 20.2. The molecule has 0 spiro atoms. The second-order valence-corrected chi connectivity index (χ2v) is 8.32. The van der Waals surface area contributed by atoms with Crippen LogP contribution in [0, 0.1) is 13.8 Å².